The van der Waals surface area contributed by atoms with Crippen LogP contribution >= 0.6 is 0 Å². The van der Waals surface area contributed by atoms with Gasteiger partial charge in [0.2, 0.25) is 0 Å². The summed E-state index contributed by atoms with van der Waals surface area (Å²) >= 11 is 0. The van der Waals surface area contributed by atoms with Gasteiger partial charge in [-0.25, -0.2) is 0 Å². The van der Waals surface area contributed by atoms with Crippen molar-refractivity contribution in [3.8, 4) is 40.2 Å². The first-order chi connectivity index (χ1) is 21.8. The van der Waals surface area contributed by atoms with Crippen molar-refractivity contribution in [3.05, 3.63) is 100 Å². The Morgan fingerprint density at radius 1 is 0.489 bits per heavy atom. The number of benzene rings is 4. The Hall–Kier alpha value is -4.86. The summed E-state index contributed by atoms with van der Waals surface area (Å²) in [6, 6.07) is 20.2. The fourth-order valence-electron chi connectivity index (χ4n) is 5.20. The van der Waals surface area contributed by atoms with Crippen molar-refractivity contribution >= 4 is 12.2 Å². The van der Waals surface area contributed by atoms with E-state index < -0.39 is 12.2 Å². The van der Waals surface area contributed by atoms with Crippen LogP contribution in [0.4, 0.5) is 0 Å². The smallest absolute Gasteiger partial charge is 0.129 e. The lowest BCUT2D eigenvalue weighted by molar-refractivity contribution is 0.132. The maximum atomic E-state index is 12.1. The molecule has 1 N–H and O–H groups in total. The highest BCUT2D eigenvalue weighted by Gasteiger charge is 2.30. The molecule has 0 aliphatic rings. The zero-order chi connectivity index (χ0) is 32.5. The van der Waals surface area contributed by atoms with Gasteiger partial charge >= 0.3 is 0 Å². The standard InChI is InChI=1S/C36H40O9/c1-38-25-12-9-22(10-13-25)11-14-30-33(35(37)23-15-26(39-2)19-27(16-23)40-3)31(43-6)21-32(44-7)34(30)36(45-8)24-17-28(41-4)20-29(18-24)42-5/h9-21,35-37H,1-8H3/b14-11+. The van der Waals surface area contributed by atoms with Gasteiger partial charge in [0.15, 0.2) is 0 Å². The molecule has 4 aromatic carbocycles. The monoisotopic (exact) mass is 616 g/mol. The van der Waals surface area contributed by atoms with Crippen LogP contribution in [0.25, 0.3) is 12.2 Å². The van der Waals surface area contributed by atoms with Crippen LogP contribution in [0.5, 0.6) is 40.2 Å². The summed E-state index contributed by atoms with van der Waals surface area (Å²) in [6.45, 7) is 0. The quantitative estimate of drug-likeness (QED) is 0.155. The molecule has 238 valence electrons. The minimum absolute atomic E-state index is 0.414. The molecule has 2 unspecified atom stereocenters. The molecule has 9 nitrogen and oxygen atoms in total. The molecule has 0 amide bonds. The van der Waals surface area contributed by atoms with Crippen LogP contribution in [0.3, 0.4) is 0 Å². The Bertz CT molecular complexity index is 1570. The molecule has 0 saturated carbocycles. The van der Waals surface area contributed by atoms with Gasteiger partial charge in [-0.05, 0) is 58.7 Å². The number of rotatable bonds is 14. The van der Waals surface area contributed by atoms with Crippen molar-refractivity contribution in [2.75, 3.05) is 56.9 Å². The van der Waals surface area contributed by atoms with Gasteiger partial charge in [-0.15, -0.1) is 0 Å². The van der Waals surface area contributed by atoms with Gasteiger partial charge in [-0.3, -0.25) is 0 Å². The number of methoxy groups -OCH3 is 8. The van der Waals surface area contributed by atoms with Gasteiger partial charge in [0.25, 0.3) is 0 Å². The average Bonchev–Trinajstić information content (AvgIpc) is 3.10. The van der Waals surface area contributed by atoms with E-state index in [1.54, 1.807) is 87.2 Å². The molecule has 0 fully saturated rings. The van der Waals surface area contributed by atoms with Gasteiger partial charge in [-0.2, -0.15) is 0 Å². The van der Waals surface area contributed by atoms with Crippen LogP contribution in [-0.2, 0) is 4.74 Å². The van der Waals surface area contributed by atoms with Crippen LogP contribution in [0.15, 0.2) is 66.7 Å². The van der Waals surface area contributed by atoms with Crippen LogP contribution in [0.1, 0.15) is 45.6 Å². The molecule has 0 aromatic heterocycles. The van der Waals surface area contributed by atoms with Crippen molar-refractivity contribution in [1.29, 1.82) is 0 Å². The predicted molar refractivity (Wildman–Crippen MR) is 173 cm³/mol. The SMILES string of the molecule is COc1ccc(/C=C/c2c(C(O)c3cc(OC)cc(OC)c3)c(OC)cc(OC)c2C(OC)c2cc(OC)cc(OC)c2)cc1. The Morgan fingerprint density at radius 2 is 0.956 bits per heavy atom. The molecule has 0 spiro atoms. The lowest BCUT2D eigenvalue weighted by Crippen LogP contribution is -2.13. The summed E-state index contributed by atoms with van der Waals surface area (Å²) in [5.41, 5.74) is 3.97. The molecular weight excluding hydrogens is 576 g/mol. The summed E-state index contributed by atoms with van der Waals surface area (Å²) < 4.78 is 45.5. The molecule has 0 aliphatic carbocycles. The van der Waals surface area contributed by atoms with E-state index in [0.29, 0.717) is 56.8 Å². The Labute approximate surface area is 264 Å². The van der Waals surface area contributed by atoms with Gasteiger partial charge in [0.1, 0.15) is 52.5 Å². The van der Waals surface area contributed by atoms with E-state index in [0.717, 1.165) is 16.9 Å². The lowest BCUT2D eigenvalue weighted by Gasteiger charge is -2.27. The second-order valence-electron chi connectivity index (χ2n) is 9.94. The van der Waals surface area contributed by atoms with E-state index in [-0.39, 0.29) is 0 Å². The minimum atomic E-state index is -1.17. The van der Waals surface area contributed by atoms with Gasteiger partial charge in [0.05, 0.1) is 49.8 Å². The van der Waals surface area contributed by atoms with Crippen molar-refractivity contribution in [1.82, 2.24) is 0 Å². The Kier molecular flexibility index (Phi) is 11.2. The number of aliphatic hydroxyl groups excluding tert-OH is 1. The first-order valence-electron chi connectivity index (χ1n) is 14.1. The normalized spacial score (nSPS) is 12.4. The van der Waals surface area contributed by atoms with E-state index in [1.165, 1.54) is 0 Å². The highest BCUT2D eigenvalue weighted by Crippen LogP contribution is 2.47. The molecule has 45 heavy (non-hydrogen) atoms. The van der Waals surface area contributed by atoms with E-state index in [9.17, 15) is 5.11 Å². The Balaban J connectivity index is 2.06. The molecule has 0 aliphatic heterocycles. The molecular formula is C36H40O9. The zero-order valence-corrected chi connectivity index (χ0v) is 26.9. The predicted octanol–water partition coefficient (Wildman–Crippen LogP) is 6.73. The summed E-state index contributed by atoms with van der Waals surface area (Å²) in [6.07, 6.45) is 2.03. The maximum Gasteiger partial charge on any atom is 0.129 e. The largest absolute Gasteiger partial charge is 0.497 e. The summed E-state index contributed by atoms with van der Waals surface area (Å²) in [4.78, 5) is 0. The van der Waals surface area contributed by atoms with Crippen LogP contribution in [-0.4, -0.2) is 62.0 Å². The van der Waals surface area contributed by atoms with Gasteiger partial charge in [0, 0.05) is 36.4 Å². The fourth-order valence-corrected chi connectivity index (χ4v) is 5.20. The number of hydrogen-bond donors (Lipinski definition) is 1. The summed E-state index contributed by atoms with van der Waals surface area (Å²) in [7, 11) is 12.7. The van der Waals surface area contributed by atoms with Crippen LogP contribution in [0.2, 0.25) is 0 Å². The molecule has 0 radical (unpaired) electrons. The number of ether oxygens (including phenoxy) is 8. The molecule has 4 aromatic rings. The highest BCUT2D eigenvalue weighted by atomic mass is 16.5. The van der Waals surface area contributed by atoms with Gasteiger partial charge in [-0.1, -0.05) is 24.3 Å². The summed E-state index contributed by atoms with van der Waals surface area (Å²) in [5.74, 6) is 3.90. The summed E-state index contributed by atoms with van der Waals surface area (Å²) in [5, 5.41) is 12.1. The number of hydrogen-bond acceptors (Lipinski definition) is 9. The first kappa shape index (κ1) is 33.0. The average molecular weight is 617 g/mol. The van der Waals surface area contributed by atoms with E-state index in [4.69, 9.17) is 37.9 Å². The second kappa shape index (κ2) is 15.2. The van der Waals surface area contributed by atoms with E-state index in [2.05, 4.69) is 0 Å². The third-order valence-corrected chi connectivity index (χ3v) is 7.51. The minimum Gasteiger partial charge on any atom is -0.497 e. The molecule has 0 saturated heterocycles. The highest BCUT2D eigenvalue weighted by molar-refractivity contribution is 5.78. The van der Waals surface area contributed by atoms with E-state index in [1.807, 2.05) is 48.6 Å². The lowest BCUT2D eigenvalue weighted by atomic mass is 9.87. The molecule has 0 heterocycles. The Morgan fingerprint density at radius 3 is 1.40 bits per heavy atom. The maximum absolute atomic E-state index is 12.1. The van der Waals surface area contributed by atoms with Gasteiger partial charge < -0.3 is 43.0 Å². The molecule has 4 rings (SSSR count). The second-order valence-corrected chi connectivity index (χ2v) is 9.94. The molecule has 0 bridgehead atoms. The fraction of sp³-hybridized carbons (Fsp3) is 0.278. The van der Waals surface area contributed by atoms with Crippen molar-refractivity contribution in [2.45, 2.75) is 12.2 Å². The number of aliphatic hydroxyl groups is 1. The van der Waals surface area contributed by atoms with Crippen LogP contribution < -0.4 is 33.2 Å². The third-order valence-electron chi connectivity index (χ3n) is 7.51. The topological polar surface area (TPSA) is 94.1 Å². The van der Waals surface area contributed by atoms with E-state index >= 15 is 0 Å². The van der Waals surface area contributed by atoms with Crippen molar-refractivity contribution in [2.24, 2.45) is 0 Å². The van der Waals surface area contributed by atoms with Crippen molar-refractivity contribution < 1.29 is 43.0 Å². The first-order valence-corrected chi connectivity index (χ1v) is 14.1. The zero-order valence-electron chi connectivity index (χ0n) is 26.9. The van der Waals surface area contributed by atoms with Crippen LogP contribution in [0, 0.1) is 0 Å². The molecule has 2 atom stereocenters. The molecule has 9 heteroatoms. The third kappa shape index (κ3) is 7.28. The van der Waals surface area contributed by atoms with Crippen molar-refractivity contribution in [3.63, 3.8) is 0 Å².